The fourth-order valence-corrected chi connectivity index (χ4v) is 3.56. The summed E-state index contributed by atoms with van der Waals surface area (Å²) < 4.78 is 9.11. The molecule has 2 heterocycles. The molecular weight excluding hydrogens is 364 g/mol. The average molecular weight is 384 g/mol. The molecule has 136 valence electrons. The van der Waals surface area contributed by atoms with Crippen LogP contribution >= 0.6 is 22.7 Å². The molecule has 0 fully saturated rings. The van der Waals surface area contributed by atoms with Gasteiger partial charge in [-0.25, -0.2) is 9.59 Å². The summed E-state index contributed by atoms with van der Waals surface area (Å²) in [5.74, 6) is -0.986. The molecule has 0 radical (unpaired) electrons. The molecule has 1 amide bonds. The van der Waals surface area contributed by atoms with Crippen molar-refractivity contribution < 1.29 is 23.9 Å². The van der Waals surface area contributed by atoms with Gasteiger partial charge in [0.05, 0.1) is 25.6 Å². The lowest BCUT2D eigenvalue weighted by molar-refractivity contribution is -0.114. The number of esters is 2. The predicted molar refractivity (Wildman–Crippen MR) is 99.5 cm³/mol. The van der Waals surface area contributed by atoms with Gasteiger partial charge in [-0.05, 0) is 26.0 Å². The molecule has 0 unspecified atom stereocenters. The first-order chi connectivity index (χ1) is 11.7. The van der Waals surface area contributed by atoms with Crippen molar-refractivity contribution >= 4 is 51.9 Å². The second-order valence-corrected chi connectivity index (χ2v) is 7.42. The highest BCUT2D eigenvalue weighted by molar-refractivity contribution is 7.14. The Morgan fingerprint density at radius 3 is 1.88 bits per heavy atom. The van der Waals surface area contributed by atoms with Crippen LogP contribution in [-0.2, 0) is 14.3 Å². The zero-order chi connectivity index (χ0) is 19.1. The van der Waals surface area contributed by atoms with Crippen molar-refractivity contribution in [3.8, 4) is 0 Å². The largest absolute Gasteiger partial charge is 0.465 e. The lowest BCUT2D eigenvalue weighted by Gasteiger charge is -2.01. The minimum absolute atomic E-state index is 0.201. The van der Waals surface area contributed by atoms with Gasteiger partial charge in [-0.3, -0.25) is 4.79 Å². The minimum atomic E-state index is -0.424. The average Bonchev–Trinajstić information content (AvgIpc) is 3.07. The van der Waals surface area contributed by atoms with Crippen LogP contribution in [0.1, 0.15) is 36.0 Å². The molecule has 9 heteroatoms. The molecule has 2 aromatic heterocycles. The number of amides is 1. The van der Waals surface area contributed by atoms with Gasteiger partial charge < -0.3 is 20.5 Å². The Kier molecular flexibility index (Phi) is 7.59. The Hall–Kier alpha value is -2.39. The Balaban J connectivity index is 0.000000257. The number of thiophene rings is 2. The number of anilines is 2. The molecule has 0 bridgehead atoms. The van der Waals surface area contributed by atoms with Gasteiger partial charge in [-0.1, -0.05) is 0 Å². The zero-order valence-electron chi connectivity index (χ0n) is 14.6. The number of aryl methyl sites for hydroxylation is 2. The molecule has 0 aromatic carbocycles. The van der Waals surface area contributed by atoms with Crippen LogP contribution < -0.4 is 11.1 Å². The predicted octanol–water partition coefficient (Wildman–Crippen LogP) is 3.23. The maximum absolute atomic E-state index is 11.3. The Labute approximate surface area is 153 Å². The summed E-state index contributed by atoms with van der Waals surface area (Å²) in [6.07, 6.45) is 0. The first-order valence-electron chi connectivity index (χ1n) is 7.10. The van der Waals surface area contributed by atoms with Gasteiger partial charge in [0, 0.05) is 16.7 Å². The lowest BCUT2D eigenvalue weighted by atomic mass is 10.3. The van der Waals surface area contributed by atoms with Crippen LogP contribution in [0.2, 0.25) is 0 Å². The molecule has 0 aliphatic carbocycles. The molecule has 7 nitrogen and oxygen atoms in total. The number of carbonyl (C=O) groups excluding carboxylic acids is 3. The third-order valence-corrected chi connectivity index (χ3v) is 4.87. The summed E-state index contributed by atoms with van der Waals surface area (Å²) in [7, 11) is 2.66. The standard InChI is InChI=1S/C9H11NO3S.C7H9NO2S/c1-5-4-7(10-6(2)11)8(14-5)9(12)13-3;1-4-3-5(8)6(11-4)7(9)10-2/h4H,1-3H3,(H,10,11);3H,8H2,1-2H3. The van der Waals surface area contributed by atoms with E-state index in [0.717, 1.165) is 9.75 Å². The maximum atomic E-state index is 11.3. The molecule has 25 heavy (non-hydrogen) atoms. The zero-order valence-corrected chi connectivity index (χ0v) is 16.2. The van der Waals surface area contributed by atoms with E-state index < -0.39 is 5.97 Å². The second-order valence-electron chi connectivity index (χ2n) is 4.91. The number of hydrogen-bond acceptors (Lipinski definition) is 8. The molecule has 2 aromatic rings. The van der Waals surface area contributed by atoms with E-state index in [1.165, 1.54) is 43.8 Å². The topological polar surface area (TPSA) is 108 Å². The molecule has 3 N–H and O–H groups in total. The molecule has 0 saturated heterocycles. The van der Waals surface area contributed by atoms with Crippen molar-refractivity contribution in [2.24, 2.45) is 0 Å². The maximum Gasteiger partial charge on any atom is 0.350 e. The van der Waals surface area contributed by atoms with Crippen LogP contribution in [-0.4, -0.2) is 32.1 Å². The number of hydrogen-bond donors (Lipinski definition) is 2. The van der Waals surface area contributed by atoms with E-state index in [9.17, 15) is 14.4 Å². The number of rotatable bonds is 3. The van der Waals surface area contributed by atoms with Gasteiger partial charge in [0.1, 0.15) is 9.75 Å². The molecule has 0 saturated carbocycles. The van der Waals surface area contributed by atoms with Crippen molar-refractivity contribution in [2.45, 2.75) is 20.8 Å². The highest BCUT2D eigenvalue weighted by atomic mass is 32.1. The van der Waals surface area contributed by atoms with Gasteiger partial charge in [-0.2, -0.15) is 0 Å². The van der Waals surface area contributed by atoms with Crippen LogP contribution in [0.4, 0.5) is 11.4 Å². The summed E-state index contributed by atoms with van der Waals surface area (Å²) in [5, 5.41) is 2.58. The Morgan fingerprint density at radius 2 is 1.44 bits per heavy atom. The Bertz CT molecular complexity index is 780. The first-order valence-corrected chi connectivity index (χ1v) is 8.73. The SMILES string of the molecule is COC(=O)c1sc(C)cc1N.COC(=O)c1sc(C)cc1NC(C)=O. The van der Waals surface area contributed by atoms with E-state index in [2.05, 4.69) is 14.8 Å². The fraction of sp³-hybridized carbons (Fsp3) is 0.312. The number of nitrogen functional groups attached to an aromatic ring is 1. The van der Waals surface area contributed by atoms with E-state index in [1.807, 2.05) is 13.8 Å². The summed E-state index contributed by atoms with van der Waals surface area (Å²) in [4.78, 5) is 35.9. The number of nitrogens with one attached hydrogen (secondary N) is 1. The molecule has 2 rings (SSSR count). The van der Waals surface area contributed by atoms with Crippen molar-refractivity contribution in [1.29, 1.82) is 0 Å². The van der Waals surface area contributed by atoms with Crippen molar-refractivity contribution in [1.82, 2.24) is 0 Å². The fourth-order valence-electron chi connectivity index (χ4n) is 1.83. The molecule has 0 aliphatic rings. The van der Waals surface area contributed by atoms with Crippen LogP contribution in [0.5, 0.6) is 0 Å². The number of ether oxygens (including phenoxy) is 2. The van der Waals surface area contributed by atoms with Crippen molar-refractivity contribution in [2.75, 3.05) is 25.3 Å². The van der Waals surface area contributed by atoms with Gasteiger partial charge in [-0.15, -0.1) is 22.7 Å². The lowest BCUT2D eigenvalue weighted by Crippen LogP contribution is -2.09. The van der Waals surface area contributed by atoms with Crippen molar-refractivity contribution in [3.05, 3.63) is 31.6 Å². The van der Waals surface area contributed by atoms with Crippen molar-refractivity contribution in [3.63, 3.8) is 0 Å². The smallest absolute Gasteiger partial charge is 0.350 e. The van der Waals surface area contributed by atoms with Gasteiger partial charge in [0.15, 0.2) is 0 Å². The minimum Gasteiger partial charge on any atom is -0.465 e. The number of methoxy groups -OCH3 is 2. The third-order valence-electron chi connectivity index (χ3n) is 2.79. The second kappa shape index (κ2) is 9.19. The van der Waals surface area contributed by atoms with Crippen LogP contribution in [0.3, 0.4) is 0 Å². The molecular formula is C16H20N2O5S2. The van der Waals surface area contributed by atoms with Gasteiger partial charge in [0.25, 0.3) is 0 Å². The first kappa shape index (κ1) is 20.7. The number of carbonyl (C=O) groups is 3. The highest BCUT2D eigenvalue weighted by Crippen LogP contribution is 2.27. The van der Waals surface area contributed by atoms with Gasteiger partial charge >= 0.3 is 11.9 Å². The highest BCUT2D eigenvalue weighted by Gasteiger charge is 2.16. The third kappa shape index (κ3) is 5.87. The van der Waals surface area contributed by atoms with E-state index in [-0.39, 0.29) is 11.9 Å². The summed E-state index contributed by atoms with van der Waals surface area (Å²) in [6.45, 7) is 5.16. The Morgan fingerprint density at radius 1 is 0.960 bits per heavy atom. The molecule has 0 atom stereocenters. The summed E-state index contributed by atoms with van der Waals surface area (Å²) >= 11 is 2.65. The van der Waals surface area contributed by atoms with Crippen LogP contribution in [0.15, 0.2) is 12.1 Å². The summed E-state index contributed by atoms with van der Waals surface area (Å²) in [6, 6.07) is 3.51. The van der Waals surface area contributed by atoms with Gasteiger partial charge in [0.2, 0.25) is 5.91 Å². The van der Waals surface area contributed by atoms with E-state index in [1.54, 1.807) is 12.1 Å². The van der Waals surface area contributed by atoms with Crippen LogP contribution in [0.25, 0.3) is 0 Å². The quantitative estimate of drug-likeness (QED) is 0.787. The van der Waals surface area contributed by atoms with E-state index >= 15 is 0 Å². The molecule has 0 aliphatic heterocycles. The monoisotopic (exact) mass is 384 g/mol. The van der Waals surface area contributed by atoms with E-state index in [0.29, 0.717) is 21.1 Å². The van der Waals surface area contributed by atoms with Crippen LogP contribution in [0, 0.1) is 13.8 Å². The summed E-state index contributed by atoms with van der Waals surface area (Å²) in [5.41, 5.74) is 6.55. The van der Waals surface area contributed by atoms with E-state index in [4.69, 9.17) is 5.73 Å². The normalized spacial score (nSPS) is 9.64. The molecule has 0 spiro atoms. The number of nitrogens with two attached hydrogens (primary N) is 1.